The molecule has 3 rings (SSSR count). The maximum atomic E-state index is 12.1. The van der Waals surface area contributed by atoms with Crippen LogP contribution in [0, 0.1) is 6.92 Å². The number of tetrazole rings is 1. The number of benzene rings is 1. The van der Waals surface area contributed by atoms with Gasteiger partial charge in [-0.05, 0) is 29.5 Å². The number of anilines is 1. The largest absolute Gasteiger partial charge is 0.326 e. The van der Waals surface area contributed by atoms with Crippen LogP contribution in [0.15, 0.2) is 34.8 Å². The van der Waals surface area contributed by atoms with E-state index >= 15 is 0 Å². The van der Waals surface area contributed by atoms with Crippen molar-refractivity contribution in [3.8, 4) is 0 Å². The number of thioether (sulfide) groups is 1. The summed E-state index contributed by atoms with van der Waals surface area (Å²) in [4.78, 5) is 16.6. The van der Waals surface area contributed by atoms with E-state index in [-0.39, 0.29) is 12.3 Å². The second-order valence-electron chi connectivity index (χ2n) is 5.20. The van der Waals surface area contributed by atoms with Crippen LogP contribution in [0.25, 0.3) is 0 Å². The van der Waals surface area contributed by atoms with Gasteiger partial charge in [-0.3, -0.25) is 4.79 Å². The second kappa shape index (κ2) is 7.54. The highest BCUT2D eigenvalue weighted by molar-refractivity contribution is 7.98. The SMILES string of the molecule is Cc1ccc(NC(=O)Cc2nc(CSc3nnnn3C)cs2)cc1. The molecule has 2 heterocycles. The predicted molar refractivity (Wildman–Crippen MR) is 94.0 cm³/mol. The van der Waals surface area contributed by atoms with Crippen LogP contribution in [0.4, 0.5) is 5.69 Å². The Hall–Kier alpha value is -2.26. The smallest absolute Gasteiger partial charge is 0.231 e. The Balaban J connectivity index is 1.52. The fourth-order valence-corrected chi connectivity index (χ4v) is 3.60. The summed E-state index contributed by atoms with van der Waals surface area (Å²) in [6, 6.07) is 7.73. The highest BCUT2D eigenvalue weighted by Gasteiger charge is 2.10. The molecule has 0 fully saturated rings. The highest BCUT2D eigenvalue weighted by Crippen LogP contribution is 2.21. The van der Waals surface area contributed by atoms with Gasteiger partial charge in [0.05, 0.1) is 12.1 Å². The molecule has 0 spiro atoms. The molecule has 0 aliphatic carbocycles. The van der Waals surface area contributed by atoms with Crippen molar-refractivity contribution in [2.24, 2.45) is 7.05 Å². The van der Waals surface area contributed by atoms with Crippen LogP contribution in [0.2, 0.25) is 0 Å². The summed E-state index contributed by atoms with van der Waals surface area (Å²) in [6.45, 7) is 2.01. The van der Waals surface area contributed by atoms with E-state index in [1.165, 1.54) is 23.1 Å². The van der Waals surface area contributed by atoms with Crippen molar-refractivity contribution in [3.63, 3.8) is 0 Å². The zero-order valence-corrected chi connectivity index (χ0v) is 14.9. The summed E-state index contributed by atoms with van der Waals surface area (Å²) in [5.41, 5.74) is 2.88. The molecule has 0 saturated carbocycles. The van der Waals surface area contributed by atoms with Crippen molar-refractivity contribution in [2.45, 2.75) is 24.3 Å². The predicted octanol–water partition coefficient (Wildman–Crippen LogP) is 2.45. The van der Waals surface area contributed by atoms with Crippen LogP contribution in [-0.4, -0.2) is 31.1 Å². The molecule has 9 heteroatoms. The topological polar surface area (TPSA) is 85.6 Å². The lowest BCUT2D eigenvalue weighted by atomic mass is 10.2. The monoisotopic (exact) mass is 360 g/mol. The van der Waals surface area contributed by atoms with E-state index in [1.807, 2.05) is 36.6 Å². The number of hydrogen-bond acceptors (Lipinski definition) is 7. The molecule has 1 amide bonds. The van der Waals surface area contributed by atoms with Gasteiger partial charge in [-0.1, -0.05) is 29.5 Å². The van der Waals surface area contributed by atoms with E-state index in [0.717, 1.165) is 27.1 Å². The standard InChI is InChI=1S/C15H16N6OS2/c1-10-3-5-11(6-4-10)16-13(22)7-14-17-12(8-23-14)9-24-15-18-19-20-21(15)2/h3-6,8H,7,9H2,1-2H3,(H,16,22). The number of hydrogen-bond donors (Lipinski definition) is 1. The van der Waals surface area contributed by atoms with Crippen molar-refractivity contribution in [2.75, 3.05) is 5.32 Å². The molecular formula is C15H16N6OS2. The minimum absolute atomic E-state index is 0.0649. The van der Waals surface area contributed by atoms with Crippen LogP contribution in [0.5, 0.6) is 0 Å². The molecule has 0 aliphatic heterocycles. The van der Waals surface area contributed by atoms with Crippen LogP contribution in [-0.2, 0) is 24.0 Å². The fraction of sp³-hybridized carbons (Fsp3) is 0.267. The molecule has 0 bridgehead atoms. The number of aromatic nitrogens is 5. The van der Waals surface area contributed by atoms with Crippen LogP contribution in [0.1, 0.15) is 16.3 Å². The number of thiazole rings is 1. The average Bonchev–Trinajstić information content (AvgIpc) is 3.16. The Morgan fingerprint density at radius 1 is 1.33 bits per heavy atom. The molecule has 3 aromatic rings. The van der Waals surface area contributed by atoms with Gasteiger partial charge in [-0.25, -0.2) is 9.67 Å². The molecule has 1 N–H and O–H groups in total. The van der Waals surface area contributed by atoms with E-state index in [2.05, 4.69) is 25.8 Å². The Labute approximate surface area is 147 Å². The lowest BCUT2D eigenvalue weighted by Crippen LogP contribution is -2.14. The number of carbonyl (C=O) groups excluding carboxylic acids is 1. The Morgan fingerprint density at radius 2 is 2.12 bits per heavy atom. The summed E-state index contributed by atoms with van der Waals surface area (Å²) in [6.07, 6.45) is 0.273. The minimum atomic E-state index is -0.0649. The second-order valence-corrected chi connectivity index (χ2v) is 7.08. The summed E-state index contributed by atoms with van der Waals surface area (Å²) in [5, 5.41) is 17.7. The van der Waals surface area contributed by atoms with Crippen molar-refractivity contribution in [1.82, 2.24) is 25.2 Å². The van der Waals surface area contributed by atoms with Crippen LogP contribution < -0.4 is 5.32 Å². The molecule has 1 aromatic carbocycles. The third-order valence-electron chi connectivity index (χ3n) is 3.18. The van der Waals surface area contributed by atoms with Gasteiger partial charge in [-0.15, -0.1) is 16.4 Å². The average molecular weight is 360 g/mol. The van der Waals surface area contributed by atoms with E-state index < -0.39 is 0 Å². The lowest BCUT2D eigenvalue weighted by molar-refractivity contribution is -0.115. The van der Waals surface area contributed by atoms with Crippen LogP contribution in [0.3, 0.4) is 0 Å². The third kappa shape index (κ3) is 4.39. The van der Waals surface area contributed by atoms with Gasteiger partial charge in [0, 0.05) is 23.9 Å². The van der Waals surface area contributed by atoms with Crippen molar-refractivity contribution in [1.29, 1.82) is 0 Å². The molecule has 2 aromatic heterocycles. The Bertz CT molecular complexity index is 827. The van der Waals surface area contributed by atoms with Gasteiger partial charge in [0.1, 0.15) is 5.01 Å². The highest BCUT2D eigenvalue weighted by atomic mass is 32.2. The fourth-order valence-electron chi connectivity index (χ4n) is 1.96. The van der Waals surface area contributed by atoms with Crippen molar-refractivity contribution < 1.29 is 4.79 Å². The molecule has 0 radical (unpaired) electrons. The molecule has 0 aliphatic rings. The van der Waals surface area contributed by atoms with Crippen molar-refractivity contribution in [3.05, 3.63) is 45.9 Å². The number of aryl methyl sites for hydroxylation is 2. The first kappa shape index (κ1) is 16.6. The maximum Gasteiger partial charge on any atom is 0.231 e. The van der Waals surface area contributed by atoms with E-state index in [0.29, 0.717) is 5.75 Å². The van der Waals surface area contributed by atoms with Gasteiger partial charge >= 0.3 is 0 Å². The Morgan fingerprint density at radius 3 is 2.83 bits per heavy atom. The van der Waals surface area contributed by atoms with Gasteiger partial charge in [0.2, 0.25) is 11.1 Å². The molecular weight excluding hydrogens is 344 g/mol. The van der Waals surface area contributed by atoms with E-state index in [1.54, 1.807) is 11.7 Å². The maximum absolute atomic E-state index is 12.1. The quantitative estimate of drug-likeness (QED) is 0.680. The summed E-state index contributed by atoms with van der Waals surface area (Å²) in [5.74, 6) is 0.606. The number of amides is 1. The van der Waals surface area contributed by atoms with Gasteiger partial charge < -0.3 is 5.32 Å². The first-order valence-corrected chi connectivity index (χ1v) is 9.11. The van der Waals surface area contributed by atoms with Gasteiger partial charge in [0.15, 0.2) is 0 Å². The molecule has 0 saturated heterocycles. The first-order chi connectivity index (χ1) is 11.6. The van der Waals surface area contributed by atoms with E-state index in [9.17, 15) is 4.79 Å². The third-order valence-corrected chi connectivity index (χ3v) is 5.12. The van der Waals surface area contributed by atoms with Crippen molar-refractivity contribution >= 4 is 34.7 Å². The minimum Gasteiger partial charge on any atom is -0.326 e. The summed E-state index contributed by atoms with van der Waals surface area (Å²) < 4.78 is 1.62. The zero-order valence-electron chi connectivity index (χ0n) is 13.3. The molecule has 0 atom stereocenters. The molecule has 0 unspecified atom stereocenters. The van der Waals surface area contributed by atoms with Crippen LogP contribution >= 0.6 is 23.1 Å². The molecule has 124 valence electrons. The zero-order chi connectivity index (χ0) is 16.9. The Kier molecular flexibility index (Phi) is 5.21. The first-order valence-electron chi connectivity index (χ1n) is 7.25. The number of carbonyl (C=O) groups is 1. The summed E-state index contributed by atoms with van der Waals surface area (Å²) in [7, 11) is 1.80. The molecule has 7 nitrogen and oxygen atoms in total. The normalized spacial score (nSPS) is 10.8. The molecule has 24 heavy (non-hydrogen) atoms. The van der Waals surface area contributed by atoms with Gasteiger partial charge in [0.25, 0.3) is 0 Å². The lowest BCUT2D eigenvalue weighted by Gasteiger charge is -2.04. The number of nitrogens with zero attached hydrogens (tertiary/aromatic N) is 5. The summed E-state index contributed by atoms with van der Waals surface area (Å²) >= 11 is 3.00. The van der Waals surface area contributed by atoms with Gasteiger partial charge in [-0.2, -0.15) is 0 Å². The number of rotatable bonds is 6. The van der Waals surface area contributed by atoms with E-state index in [4.69, 9.17) is 0 Å². The number of nitrogens with one attached hydrogen (secondary N) is 1.